The number of hydrogen-bond donors (Lipinski definition) is 1. The van der Waals surface area contributed by atoms with Crippen LogP contribution in [0.3, 0.4) is 0 Å². The van der Waals surface area contributed by atoms with Crippen LogP contribution >= 0.6 is 0 Å². The second-order valence-corrected chi connectivity index (χ2v) is 8.43. The summed E-state index contributed by atoms with van der Waals surface area (Å²) in [5.74, 6) is -1.45. The van der Waals surface area contributed by atoms with Crippen molar-refractivity contribution in [1.29, 1.82) is 0 Å². The number of hydrogen-bond acceptors (Lipinski definition) is 6. The molecule has 0 spiro atoms. The Kier molecular flexibility index (Phi) is 5.70. The van der Waals surface area contributed by atoms with Crippen molar-refractivity contribution in [2.24, 2.45) is 0 Å². The first-order valence-electron chi connectivity index (χ1n) is 11.0. The third-order valence-electron chi connectivity index (χ3n) is 5.96. The maximum Gasteiger partial charge on any atom is 0.573 e. The van der Waals surface area contributed by atoms with Crippen LogP contribution in [-0.2, 0) is 0 Å². The Morgan fingerprint density at radius 1 is 1.08 bits per heavy atom. The average Bonchev–Trinajstić information content (AvgIpc) is 3.37. The SMILES string of the molecule is Cc1cnccc1-n1cc(-c2ccc(C(=O)O)cc2OC(F)(F)F)c2cc(-c3c(C)noc3C)cnc21. The molecule has 0 saturated carbocycles. The first kappa shape index (κ1) is 24.0. The summed E-state index contributed by atoms with van der Waals surface area (Å²) in [4.78, 5) is 20.2. The molecule has 0 atom stereocenters. The Bertz CT molecular complexity index is 1650. The van der Waals surface area contributed by atoms with Gasteiger partial charge in [0.05, 0.1) is 16.9 Å². The number of benzene rings is 1. The van der Waals surface area contributed by atoms with Crippen LogP contribution in [-0.4, -0.2) is 37.1 Å². The maximum absolute atomic E-state index is 13.3. The molecule has 188 valence electrons. The van der Waals surface area contributed by atoms with Gasteiger partial charge >= 0.3 is 12.3 Å². The van der Waals surface area contributed by atoms with Gasteiger partial charge in [0.1, 0.15) is 17.2 Å². The summed E-state index contributed by atoms with van der Waals surface area (Å²) >= 11 is 0. The molecule has 0 unspecified atom stereocenters. The smallest absolute Gasteiger partial charge is 0.478 e. The molecular weight excluding hydrogens is 489 g/mol. The van der Waals surface area contributed by atoms with Gasteiger partial charge in [0, 0.05) is 52.4 Å². The Labute approximate surface area is 207 Å². The molecule has 11 heteroatoms. The number of carboxylic acid groups (broad SMARTS) is 1. The first-order chi connectivity index (χ1) is 17.5. The van der Waals surface area contributed by atoms with Gasteiger partial charge in [-0.15, -0.1) is 13.2 Å². The number of aryl methyl sites for hydroxylation is 3. The Hall–Kier alpha value is -4.67. The van der Waals surface area contributed by atoms with E-state index in [1.54, 1.807) is 55.3 Å². The first-order valence-corrected chi connectivity index (χ1v) is 11.0. The van der Waals surface area contributed by atoms with Crippen molar-refractivity contribution in [3.63, 3.8) is 0 Å². The molecule has 8 nitrogen and oxygen atoms in total. The van der Waals surface area contributed by atoms with Gasteiger partial charge in [0.2, 0.25) is 0 Å². The summed E-state index contributed by atoms with van der Waals surface area (Å²) in [6.07, 6.45) is 1.53. The number of fused-ring (bicyclic) bond motifs is 1. The number of halogens is 3. The van der Waals surface area contributed by atoms with E-state index in [1.165, 1.54) is 12.1 Å². The molecule has 4 heterocycles. The number of aromatic carboxylic acids is 1. The molecular formula is C26H19F3N4O4. The number of ether oxygens (including phenoxy) is 1. The van der Waals surface area contributed by atoms with Crippen LogP contribution in [0, 0.1) is 20.8 Å². The van der Waals surface area contributed by atoms with E-state index in [0.717, 1.165) is 22.9 Å². The topological polar surface area (TPSA) is 103 Å². The van der Waals surface area contributed by atoms with Gasteiger partial charge in [-0.1, -0.05) is 5.16 Å². The maximum atomic E-state index is 13.3. The molecule has 0 fully saturated rings. The third kappa shape index (κ3) is 4.39. The van der Waals surface area contributed by atoms with E-state index < -0.39 is 18.1 Å². The number of nitrogens with zero attached hydrogens (tertiary/aromatic N) is 4. The normalized spacial score (nSPS) is 11.7. The minimum Gasteiger partial charge on any atom is -0.478 e. The van der Waals surface area contributed by atoms with Crippen molar-refractivity contribution >= 4 is 17.0 Å². The summed E-state index contributed by atoms with van der Waals surface area (Å²) in [6, 6.07) is 6.94. The molecule has 1 N–H and O–H groups in total. The standard InChI is InChI=1S/C26H19F3N4O4/c1-13-10-30-7-6-21(13)33-12-20(18-5-4-16(25(34)35)9-22(18)36-26(27,28)29)19-8-17(11-31-24(19)33)23-14(2)32-37-15(23)3/h4-12H,1-3H3,(H,34,35). The van der Waals surface area contributed by atoms with Crippen molar-refractivity contribution in [3.8, 4) is 33.7 Å². The van der Waals surface area contributed by atoms with Gasteiger partial charge in [-0.25, -0.2) is 9.78 Å². The van der Waals surface area contributed by atoms with Crippen molar-refractivity contribution in [3.05, 3.63) is 77.7 Å². The van der Waals surface area contributed by atoms with Crippen LogP contribution in [0.2, 0.25) is 0 Å². The number of aromatic nitrogens is 4. The van der Waals surface area contributed by atoms with Gasteiger partial charge in [0.25, 0.3) is 0 Å². The molecule has 5 rings (SSSR count). The highest BCUT2D eigenvalue weighted by molar-refractivity contribution is 6.00. The average molecular weight is 508 g/mol. The highest BCUT2D eigenvalue weighted by Gasteiger charge is 2.33. The minimum absolute atomic E-state index is 0.0514. The largest absolute Gasteiger partial charge is 0.573 e. The monoisotopic (exact) mass is 508 g/mol. The van der Waals surface area contributed by atoms with Crippen molar-refractivity contribution in [2.45, 2.75) is 27.1 Å². The summed E-state index contributed by atoms with van der Waals surface area (Å²) in [5.41, 5.74) is 4.11. The second kappa shape index (κ2) is 8.77. The number of carbonyl (C=O) groups is 1. The fourth-order valence-corrected chi connectivity index (χ4v) is 4.36. The lowest BCUT2D eigenvalue weighted by atomic mass is 10.00. The molecule has 5 aromatic rings. The van der Waals surface area contributed by atoms with Crippen LogP contribution in [0.1, 0.15) is 27.4 Å². The molecule has 0 saturated heterocycles. The number of rotatable bonds is 5. The predicted octanol–water partition coefficient (Wildman–Crippen LogP) is 6.26. The van der Waals surface area contributed by atoms with Gasteiger partial charge in [-0.3, -0.25) is 4.98 Å². The zero-order valence-electron chi connectivity index (χ0n) is 19.8. The lowest BCUT2D eigenvalue weighted by molar-refractivity contribution is -0.274. The Morgan fingerprint density at radius 2 is 1.86 bits per heavy atom. The van der Waals surface area contributed by atoms with E-state index in [9.17, 15) is 23.1 Å². The van der Waals surface area contributed by atoms with Crippen LogP contribution in [0.4, 0.5) is 13.2 Å². The summed E-state index contributed by atoms with van der Waals surface area (Å²) in [7, 11) is 0. The minimum atomic E-state index is -5.04. The molecule has 0 aliphatic carbocycles. The van der Waals surface area contributed by atoms with E-state index in [2.05, 4.69) is 19.9 Å². The predicted molar refractivity (Wildman–Crippen MR) is 128 cm³/mol. The van der Waals surface area contributed by atoms with Gasteiger partial charge in [0.15, 0.2) is 0 Å². The highest BCUT2D eigenvalue weighted by atomic mass is 19.4. The van der Waals surface area contributed by atoms with Gasteiger partial charge in [-0.2, -0.15) is 0 Å². The lowest BCUT2D eigenvalue weighted by Crippen LogP contribution is -2.18. The van der Waals surface area contributed by atoms with E-state index >= 15 is 0 Å². The highest BCUT2D eigenvalue weighted by Crippen LogP contribution is 2.41. The van der Waals surface area contributed by atoms with Crippen molar-refractivity contribution < 1.29 is 32.3 Å². The lowest BCUT2D eigenvalue weighted by Gasteiger charge is -2.14. The Morgan fingerprint density at radius 3 is 2.51 bits per heavy atom. The van der Waals surface area contributed by atoms with E-state index in [-0.39, 0.29) is 11.1 Å². The second-order valence-electron chi connectivity index (χ2n) is 8.43. The van der Waals surface area contributed by atoms with Crippen molar-refractivity contribution in [2.75, 3.05) is 0 Å². The fourth-order valence-electron chi connectivity index (χ4n) is 4.36. The molecule has 37 heavy (non-hydrogen) atoms. The molecule has 0 amide bonds. The molecule has 0 aliphatic heterocycles. The van der Waals surface area contributed by atoms with Crippen LogP contribution in [0.15, 0.2) is 59.6 Å². The van der Waals surface area contributed by atoms with Crippen LogP contribution in [0.25, 0.3) is 39.0 Å². The zero-order valence-corrected chi connectivity index (χ0v) is 19.8. The Balaban J connectivity index is 1.83. The molecule has 1 aromatic carbocycles. The summed E-state index contributed by atoms with van der Waals surface area (Å²) in [5, 5.41) is 13.8. The van der Waals surface area contributed by atoms with Gasteiger partial charge in [-0.05, 0) is 56.7 Å². The molecule has 0 aliphatic rings. The number of alkyl halides is 3. The quantitative estimate of drug-likeness (QED) is 0.299. The third-order valence-corrected chi connectivity index (χ3v) is 5.96. The van der Waals surface area contributed by atoms with Crippen LogP contribution in [0.5, 0.6) is 5.75 Å². The van der Waals surface area contributed by atoms with Crippen molar-refractivity contribution in [1.82, 2.24) is 19.7 Å². The van der Waals surface area contributed by atoms with E-state index in [0.29, 0.717) is 33.6 Å². The van der Waals surface area contributed by atoms with Gasteiger partial charge < -0.3 is 18.9 Å². The van der Waals surface area contributed by atoms with Crippen LogP contribution < -0.4 is 4.74 Å². The van der Waals surface area contributed by atoms with E-state index in [4.69, 9.17) is 4.52 Å². The molecule has 4 aromatic heterocycles. The number of carboxylic acids is 1. The molecule has 0 radical (unpaired) electrons. The van der Waals surface area contributed by atoms with E-state index in [1.807, 2.05) is 6.92 Å². The fraction of sp³-hybridized carbons (Fsp3) is 0.154. The number of pyridine rings is 2. The zero-order chi connectivity index (χ0) is 26.5. The summed E-state index contributed by atoms with van der Waals surface area (Å²) in [6.45, 7) is 5.39. The molecule has 0 bridgehead atoms. The summed E-state index contributed by atoms with van der Waals surface area (Å²) < 4.78 is 51.3.